The Bertz CT molecular complexity index is 307. The Labute approximate surface area is 128 Å². The van der Waals surface area contributed by atoms with Gasteiger partial charge < -0.3 is 45.6 Å². The van der Waals surface area contributed by atoms with Crippen LogP contribution in [0.25, 0.3) is 0 Å². The first-order chi connectivity index (χ1) is 8.10. The molecule has 0 radical (unpaired) electrons. The minimum atomic E-state index is -3.88. The zero-order valence-electron chi connectivity index (χ0n) is 9.87. The van der Waals surface area contributed by atoms with E-state index >= 15 is 0 Å². The summed E-state index contributed by atoms with van der Waals surface area (Å²) in [6.07, 6.45) is -9.70. The second kappa shape index (κ2) is 8.09. The van der Waals surface area contributed by atoms with Crippen LogP contribution in [0.1, 0.15) is 0 Å². The maximum atomic E-state index is 10.5. The quantitative estimate of drug-likeness (QED) is 0.174. The SMILES string of the molecule is O=C([O-])C(O)(C(=O)O)[C@H](O)[C@@H](O)[C@H](O)[C@H](O)CO.[Na+]. The van der Waals surface area contributed by atoms with Gasteiger partial charge in [0.1, 0.15) is 24.4 Å². The van der Waals surface area contributed by atoms with E-state index in [1.165, 1.54) is 0 Å². The van der Waals surface area contributed by atoms with Crippen LogP contribution in [-0.2, 0) is 9.59 Å². The van der Waals surface area contributed by atoms with Crippen LogP contribution >= 0.6 is 0 Å². The molecule has 0 aromatic heterocycles. The number of aliphatic hydroxyl groups is 6. The third-order valence-electron chi connectivity index (χ3n) is 2.32. The van der Waals surface area contributed by atoms with Gasteiger partial charge in [-0.2, -0.15) is 0 Å². The number of carbonyl (C=O) groups excluding carboxylic acids is 1. The molecular weight excluding hydrogens is 279 g/mol. The minimum Gasteiger partial charge on any atom is -0.546 e. The summed E-state index contributed by atoms with van der Waals surface area (Å²) >= 11 is 0. The molecular formula is C8H13NaO10. The van der Waals surface area contributed by atoms with E-state index in [-0.39, 0.29) is 29.6 Å². The molecule has 0 saturated heterocycles. The Morgan fingerprint density at radius 2 is 1.53 bits per heavy atom. The van der Waals surface area contributed by atoms with Gasteiger partial charge in [-0.15, -0.1) is 0 Å². The maximum Gasteiger partial charge on any atom is 1.00 e. The number of rotatable bonds is 7. The molecule has 0 aliphatic carbocycles. The molecule has 106 valence electrons. The van der Waals surface area contributed by atoms with Crippen molar-refractivity contribution in [2.24, 2.45) is 0 Å². The number of aliphatic carboxylic acids is 2. The fourth-order valence-corrected chi connectivity index (χ4v) is 1.10. The molecule has 0 saturated carbocycles. The van der Waals surface area contributed by atoms with Crippen LogP contribution < -0.4 is 34.7 Å². The molecule has 0 rings (SSSR count). The van der Waals surface area contributed by atoms with Gasteiger partial charge in [-0.25, -0.2) is 4.79 Å². The first-order valence-electron chi connectivity index (χ1n) is 4.61. The second-order valence-corrected chi connectivity index (χ2v) is 3.53. The van der Waals surface area contributed by atoms with E-state index in [0.29, 0.717) is 0 Å². The summed E-state index contributed by atoms with van der Waals surface area (Å²) in [6.45, 7) is -1.05. The van der Waals surface area contributed by atoms with Crippen LogP contribution in [0.15, 0.2) is 0 Å². The molecule has 11 heteroatoms. The summed E-state index contributed by atoms with van der Waals surface area (Å²) in [5.74, 6) is -5.05. The Hall–Kier alpha value is -0.300. The van der Waals surface area contributed by atoms with E-state index in [9.17, 15) is 30.0 Å². The van der Waals surface area contributed by atoms with Crippen molar-refractivity contribution in [2.75, 3.05) is 6.61 Å². The van der Waals surface area contributed by atoms with Crippen molar-refractivity contribution >= 4 is 11.9 Å². The summed E-state index contributed by atoms with van der Waals surface area (Å²) in [6, 6.07) is 0. The number of aliphatic hydroxyl groups excluding tert-OH is 5. The van der Waals surface area contributed by atoms with Gasteiger partial charge in [-0.3, -0.25) is 0 Å². The fraction of sp³-hybridized carbons (Fsp3) is 0.750. The van der Waals surface area contributed by atoms with Gasteiger partial charge in [0.2, 0.25) is 5.60 Å². The summed E-state index contributed by atoms with van der Waals surface area (Å²) < 4.78 is 0. The second-order valence-electron chi connectivity index (χ2n) is 3.53. The molecule has 1 unspecified atom stereocenters. The molecule has 0 aromatic carbocycles. The molecule has 0 fully saturated rings. The van der Waals surface area contributed by atoms with E-state index < -0.39 is 48.6 Å². The normalized spacial score (nSPS) is 20.3. The summed E-state index contributed by atoms with van der Waals surface area (Å²) in [5.41, 5.74) is -3.88. The Kier molecular flexibility index (Phi) is 8.95. The van der Waals surface area contributed by atoms with Crippen molar-refractivity contribution in [1.29, 1.82) is 0 Å². The molecule has 5 atom stereocenters. The molecule has 19 heavy (non-hydrogen) atoms. The first-order valence-corrected chi connectivity index (χ1v) is 4.61. The van der Waals surface area contributed by atoms with Gasteiger partial charge >= 0.3 is 35.5 Å². The molecule has 0 aliphatic rings. The zero-order valence-corrected chi connectivity index (χ0v) is 11.9. The van der Waals surface area contributed by atoms with Crippen molar-refractivity contribution in [2.45, 2.75) is 30.0 Å². The smallest absolute Gasteiger partial charge is 0.546 e. The standard InChI is InChI=1S/C8H14O10.Na/c9-1-2(10)3(11)4(12)5(13)8(18,6(14)15)7(16)17;/h2-5,9-13,18H,1H2,(H,14,15)(H,16,17);/q;+1/p-1/t2-,3-,4+,5-;/m1./s1. The van der Waals surface area contributed by atoms with Gasteiger partial charge in [-0.05, 0) is 0 Å². The average Bonchev–Trinajstić information content (AvgIpc) is 2.33. The Balaban J connectivity index is 0. The van der Waals surface area contributed by atoms with Gasteiger partial charge in [0, 0.05) is 0 Å². The molecule has 0 spiro atoms. The zero-order chi connectivity index (χ0) is 14.7. The van der Waals surface area contributed by atoms with Crippen molar-refractivity contribution in [3.63, 3.8) is 0 Å². The van der Waals surface area contributed by atoms with Crippen LogP contribution in [0.4, 0.5) is 0 Å². The van der Waals surface area contributed by atoms with Crippen LogP contribution in [-0.4, -0.2) is 84.3 Å². The number of carboxylic acids is 2. The van der Waals surface area contributed by atoms with Gasteiger partial charge in [0.15, 0.2) is 0 Å². The first kappa shape index (κ1) is 21.0. The molecule has 0 aromatic rings. The van der Waals surface area contributed by atoms with Gasteiger partial charge in [0.25, 0.3) is 0 Å². The minimum absolute atomic E-state index is 0. The third kappa shape index (κ3) is 4.34. The van der Waals surface area contributed by atoms with Gasteiger partial charge in [-0.1, -0.05) is 0 Å². The molecule has 0 bridgehead atoms. The van der Waals surface area contributed by atoms with E-state index in [1.54, 1.807) is 0 Å². The molecule has 0 aliphatic heterocycles. The number of carbonyl (C=O) groups is 2. The molecule has 10 nitrogen and oxygen atoms in total. The van der Waals surface area contributed by atoms with Gasteiger partial charge in [0.05, 0.1) is 12.6 Å². The van der Waals surface area contributed by atoms with E-state index in [4.69, 9.17) is 20.4 Å². The summed E-state index contributed by atoms with van der Waals surface area (Å²) in [7, 11) is 0. The van der Waals surface area contributed by atoms with Crippen LogP contribution in [0, 0.1) is 0 Å². The maximum absolute atomic E-state index is 10.5. The van der Waals surface area contributed by atoms with Crippen LogP contribution in [0.3, 0.4) is 0 Å². The predicted octanol–water partition coefficient (Wildman–Crippen LogP) is -9.01. The largest absolute Gasteiger partial charge is 1.00 e. The predicted molar refractivity (Wildman–Crippen MR) is 48.7 cm³/mol. The summed E-state index contributed by atoms with van der Waals surface area (Å²) in [5, 5.41) is 73.1. The van der Waals surface area contributed by atoms with E-state index in [1.807, 2.05) is 0 Å². The monoisotopic (exact) mass is 292 g/mol. The number of hydrogen-bond donors (Lipinski definition) is 7. The van der Waals surface area contributed by atoms with Crippen molar-refractivity contribution in [1.82, 2.24) is 0 Å². The molecule has 0 amide bonds. The van der Waals surface area contributed by atoms with Crippen LogP contribution in [0.2, 0.25) is 0 Å². The van der Waals surface area contributed by atoms with E-state index in [0.717, 1.165) is 0 Å². The third-order valence-corrected chi connectivity index (χ3v) is 2.32. The van der Waals surface area contributed by atoms with Crippen molar-refractivity contribution < 1.29 is 80.0 Å². The number of hydrogen-bond acceptors (Lipinski definition) is 9. The molecule has 0 heterocycles. The van der Waals surface area contributed by atoms with Crippen LogP contribution in [0.5, 0.6) is 0 Å². The van der Waals surface area contributed by atoms with Crippen molar-refractivity contribution in [3.8, 4) is 0 Å². The molecule has 7 N–H and O–H groups in total. The topological polar surface area (TPSA) is 199 Å². The Morgan fingerprint density at radius 1 is 1.11 bits per heavy atom. The average molecular weight is 292 g/mol. The fourth-order valence-electron chi connectivity index (χ4n) is 1.10. The van der Waals surface area contributed by atoms with Crippen molar-refractivity contribution in [3.05, 3.63) is 0 Å². The number of carboxylic acid groups (broad SMARTS) is 2. The van der Waals surface area contributed by atoms with E-state index in [2.05, 4.69) is 0 Å². The summed E-state index contributed by atoms with van der Waals surface area (Å²) in [4.78, 5) is 21.0. The Morgan fingerprint density at radius 3 is 1.79 bits per heavy atom.